The lowest BCUT2D eigenvalue weighted by Gasteiger charge is -2.42. The molecule has 0 bridgehead atoms. The van der Waals surface area contributed by atoms with Crippen molar-refractivity contribution in [3.05, 3.63) is 0 Å². The maximum atomic E-state index is 13.1. The van der Waals surface area contributed by atoms with E-state index in [1.54, 1.807) is 0 Å². The number of carbonyl (C=O) groups is 2. The molecule has 75 heavy (non-hydrogen) atoms. The highest BCUT2D eigenvalue weighted by atomic mass is 16.7. The molecular formula is C60H114O15. The van der Waals surface area contributed by atoms with Crippen molar-refractivity contribution in [3.63, 3.8) is 0 Å². The third-order valence-electron chi connectivity index (χ3n) is 15.3. The van der Waals surface area contributed by atoms with Crippen LogP contribution in [-0.2, 0) is 38.0 Å². The zero-order valence-corrected chi connectivity index (χ0v) is 47.6. The summed E-state index contributed by atoms with van der Waals surface area (Å²) in [5.41, 5.74) is 0. The lowest BCUT2D eigenvalue weighted by atomic mass is 9.98. The molecule has 2 aliphatic heterocycles. The second-order valence-electron chi connectivity index (χ2n) is 22.3. The van der Waals surface area contributed by atoms with E-state index in [4.69, 9.17) is 28.4 Å². The van der Waals surface area contributed by atoms with E-state index in [2.05, 4.69) is 13.8 Å². The highest BCUT2D eigenvalue weighted by Crippen LogP contribution is 2.27. The third kappa shape index (κ3) is 34.3. The summed E-state index contributed by atoms with van der Waals surface area (Å²) < 4.78 is 33.8. The molecule has 2 rings (SSSR count). The molecule has 0 spiro atoms. The van der Waals surface area contributed by atoms with Crippen molar-refractivity contribution in [1.29, 1.82) is 0 Å². The van der Waals surface area contributed by atoms with Crippen LogP contribution in [0.25, 0.3) is 0 Å². The Balaban J connectivity index is 1.71. The Bertz CT molecular complexity index is 1310. The van der Waals surface area contributed by atoms with Crippen LogP contribution >= 0.6 is 0 Å². The summed E-state index contributed by atoms with van der Waals surface area (Å²) in [6, 6.07) is 0. The van der Waals surface area contributed by atoms with E-state index < -0.39 is 92.7 Å². The van der Waals surface area contributed by atoms with Crippen LogP contribution in [0.2, 0.25) is 0 Å². The fraction of sp³-hybridized carbons (Fsp3) is 0.967. The first-order valence-corrected chi connectivity index (χ1v) is 31.1. The van der Waals surface area contributed by atoms with Crippen LogP contribution in [0, 0.1) is 0 Å². The molecule has 0 amide bonds. The fourth-order valence-electron chi connectivity index (χ4n) is 10.3. The van der Waals surface area contributed by atoms with E-state index in [0.717, 1.165) is 38.5 Å². The van der Waals surface area contributed by atoms with Gasteiger partial charge in [-0.2, -0.15) is 0 Å². The number of ether oxygens (including phenoxy) is 6. The minimum absolute atomic E-state index is 0.174. The van der Waals surface area contributed by atoms with Crippen LogP contribution < -0.4 is 0 Å². The molecule has 0 aromatic rings. The SMILES string of the molecule is CCCCCCCCCCCCCCCCCCCCCCC(=O)OC(COC(=O)CCCCCCCCCCCCCCCCCCCCC)COC1OC(COC2OC(CO)C(O)C(O)C2O)C(O)C(O)C1O. The fourth-order valence-corrected chi connectivity index (χ4v) is 10.3. The van der Waals surface area contributed by atoms with Crippen molar-refractivity contribution < 1.29 is 73.8 Å². The number of aliphatic hydroxyl groups excluding tert-OH is 7. The monoisotopic (exact) mass is 1070 g/mol. The van der Waals surface area contributed by atoms with E-state index >= 15 is 0 Å². The van der Waals surface area contributed by atoms with Gasteiger partial charge in [-0.3, -0.25) is 9.59 Å². The van der Waals surface area contributed by atoms with Crippen LogP contribution in [0.1, 0.15) is 277 Å². The second-order valence-corrected chi connectivity index (χ2v) is 22.3. The first-order chi connectivity index (χ1) is 36.5. The quantitative estimate of drug-likeness (QED) is 0.0222. The summed E-state index contributed by atoms with van der Waals surface area (Å²) in [5.74, 6) is -0.901. The van der Waals surface area contributed by atoms with Gasteiger partial charge in [-0.1, -0.05) is 251 Å². The highest BCUT2D eigenvalue weighted by Gasteiger charge is 2.47. The van der Waals surface area contributed by atoms with Crippen molar-refractivity contribution in [2.24, 2.45) is 0 Å². The summed E-state index contributed by atoms with van der Waals surface area (Å²) in [5, 5.41) is 72.4. The van der Waals surface area contributed by atoms with E-state index in [0.29, 0.717) is 12.8 Å². The number of aliphatic hydroxyl groups is 7. The maximum Gasteiger partial charge on any atom is 0.306 e. The van der Waals surface area contributed by atoms with Gasteiger partial charge in [0.25, 0.3) is 0 Å². The van der Waals surface area contributed by atoms with E-state index in [-0.39, 0.29) is 26.1 Å². The Morgan fingerprint density at radius 2 is 0.680 bits per heavy atom. The minimum atomic E-state index is -1.76. The summed E-state index contributed by atoms with van der Waals surface area (Å²) in [6.07, 6.45) is 32.6. The number of unbranched alkanes of at least 4 members (excludes halogenated alkanes) is 37. The van der Waals surface area contributed by atoms with Crippen LogP contribution in [0.15, 0.2) is 0 Å². The van der Waals surface area contributed by atoms with Crippen LogP contribution in [-0.4, -0.2) is 142 Å². The third-order valence-corrected chi connectivity index (χ3v) is 15.3. The second kappa shape index (κ2) is 47.3. The van der Waals surface area contributed by atoms with E-state index in [1.807, 2.05) is 0 Å². The Morgan fingerprint density at radius 3 is 1.04 bits per heavy atom. The average molecular weight is 1080 g/mol. The molecule has 2 saturated heterocycles. The molecule has 2 heterocycles. The predicted molar refractivity (Wildman–Crippen MR) is 294 cm³/mol. The normalized spacial score (nSPS) is 24.4. The highest BCUT2D eigenvalue weighted by molar-refractivity contribution is 5.70. The molecule has 11 unspecified atom stereocenters. The Morgan fingerprint density at radius 1 is 0.373 bits per heavy atom. The van der Waals surface area contributed by atoms with Gasteiger partial charge in [-0.15, -0.1) is 0 Å². The van der Waals surface area contributed by atoms with E-state index in [9.17, 15) is 45.3 Å². The molecule has 0 radical (unpaired) electrons. The molecule has 2 aliphatic rings. The zero-order chi connectivity index (χ0) is 54.6. The molecule has 0 aromatic carbocycles. The van der Waals surface area contributed by atoms with Gasteiger partial charge in [-0.25, -0.2) is 0 Å². The van der Waals surface area contributed by atoms with Gasteiger partial charge in [0.15, 0.2) is 18.7 Å². The topological polar surface area (TPSA) is 231 Å². The zero-order valence-electron chi connectivity index (χ0n) is 47.6. The molecule has 2 fully saturated rings. The molecular weight excluding hydrogens is 961 g/mol. The number of hydrogen-bond donors (Lipinski definition) is 7. The van der Waals surface area contributed by atoms with Crippen molar-refractivity contribution in [2.75, 3.05) is 26.4 Å². The van der Waals surface area contributed by atoms with Crippen LogP contribution in [0.3, 0.4) is 0 Å². The lowest BCUT2D eigenvalue weighted by molar-refractivity contribution is -0.332. The molecule has 7 N–H and O–H groups in total. The van der Waals surface area contributed by atoms with Gasteiger partial charge >= 0.3 is 11.9 Å². The van der Waals surface area contributed by atoms with Gasteiger partial charge in [-0.05, 0) is 12.8 Å². The molecule has 0 aromatic heterocycles. The maximum absolute atomic E-state index is 13.1. The summed E-state index contributed by atoms with van der Waals surface area (Å²) in [7, 11) is 0. The Kier molecular flexibility index (Phi) is 43.9. The molecule has 15 nitrogen and oxygen atoms in total. The molecule has 15 heteroatoms. The molecule has 11 atom stereocenters. The van der Waals surface area contributed by atoms with Crippen molar-refractivity contribution >= 4 is 11.9 Å². The van der Waals surface area contributed by atoms with Gasteiger partial charge in [0.05, 0.1) is 19.8 Å². The molecule has 0 aliphatic carbocycles. The van der Waals surface area contributed by atoms with Crippen molar-refractivity contribution in [2.45, 2.75) is 345 Å². The first-order valence-electron chi connectivity index (χ1n) is 31.1. The molecule has 0 saturated carbocycles. The Hall–Kier alpha value is -1.50. The van der Waals surface area contributed by atoms with Crippen molar-refractivity contribution in [1.82, 2.24) is 0 Å². The first kappa shape index (κ1) is 69.6. The lowest BCUT2D eigenvalue weighted by Crippen LogP contribution is -2.61. The van der Waals surface area contributed by atoms with Gasteiger partial charge < -0.3 is 64.2 Å². The average Bonchev–Trinajstić information content (AvgIpc) is 3.40. The predicted octanol–water partition coefficient (Wildman–Crippen LogP) is 11.1. The number of carbonyl (C=O) groups excluding carboxylic acids is 2. The summed E-state index contributed by atoms with van der Waals surface area (Å²) >= 11 is 0. The molecule has 444 valence electrons. The van der Waals surface area contributed by atoms with Crippen LogP contribution in [0.5, 0.6) is 0 Å². The largest absolute Gasteiger partial charge is 0.462 e. The standard InChI is InChI=1S/C60H114O15/c1-3-5-7-9-11-13-15-17-19-21-23-25-27-29-31-33-35-37-39-41-43-52(63)73-48(45-70-51(62)42-40-38-36-34-32-30-28-26-24-22-20-18-16-14-12-10-8-6-4-2)46-71-59-58(69)56(67)54(65)50(75-59)47-72-60-57(68)55(66)53(64)49(44-61)74-60/h48-50,53-61,64-69H,3-47H2,1-2H3. The smallest absolute Gasteiger partial charge is 0.306 e. The van der Waals surface area contributed by atoms with Crippen LogP contribution in [0.4, 0.5) is 0 Å². The number of hydrogen-bond acceptors (Lipinski definition) is 15. The van der Waals surface area contributed by atoms with Gasteiger partial charge in [0.1, 0.15) is 55.4 Å². The summed E-state index contributed by atoms with van der Waals surface area (Å²) in [4.78, 5) is 25.9. The Labute approximate surface area is 455 Å². The van der Waals surface area contributed by atoms with Gasteiger partial charge in [0, 0.05) is 12.8 Å². The van der Waals surface area contributed by atoms with Gasteiger partial charge in [0.2, 0.25) is 0 Å². The van der Waals surface area contributed by atoms with E-state index in [1.165, 1.54) is 199 Å². The summed E-state index contributed by atoms with van der Waals surface area (Å²) in [6.45, 7) is 2.67. The number of rotatable bonds is 51. The van der Waals surface area contributed by atoms with Crippen molar-refractivity contribution in [3.8, 4) is 0 Å². The number of esters is 2. The minimum Gasteiger partial charge on any atom is -0.462 e.